The molecule has 0 amide bonds. The maximum atomic E-state index is 12.4. The van der Waals surface area contributed by atoms with Crippen molar-refractivity contribution in [3.8, 4) is 0 Å². The van der Waals surface area contributed by atoms with Crippen LogP contribution < -0.4 is 5.73 Å². The Hall–Kier alpha value is -1.18. The Labute approximate surface area is 69.7 Å². The van der Waals surface area contributed by atoms with Crippen molar-refractivity contribution in [3.63, 3.8) is 0 Å². The maximum Gasteiger partial charge on any atom is 0.382 e. The fourth-order valence-electron chi connectivity index (χ4n) is 0.564. The summed E-state index contributed by atoms with van der Waals surface area (Å²) in [7, 11) is 0. The molecule has 0 aliphatic rings. The molecule has 0 bridgehead atoms. The first kappa shape index (κ1) is 9.90. The minimum absolute atomic E-state index is 0.272. The second-order valence-electron chi connectivity index (χ2n) is 2.13. The van der Waals surface area contributed by atoms with Crippen molar-refractivity contribution in [2.45, 2.75) is 18.9 Å². The molecular weight excluding hydrogens is 194 g/mol. The predicted octanol–water partition coefficient (Wildman–Crippen LogP) is 0.885. The Balaban J connectivity index is 2.93. The number of hydrogen-bond donors (Lipinski definition) is 1. The zero-order valence-electron chi connectivity index (χ0n) is 6.18. The molecule has 0 aromatic carbocycles. The Bertz CT molecular complexity index is 287. The van der Waals surface area contributed by atoms with Crippen LogP contribution in [0, 0.1) is 0 Å². The first-order valence-corrected chi connectivity index (χ1v) is 3.17. The first-order valence-electron chi connectivity index (χ1n) is 3.17. The zero-order valence-corrected chi connectivity index (χ0v) is 6.18. The number of nitrogens with zero attached hydrogens (tertiary/aromatic N) is 2. The lowest BCUT2D eigenvalue weighted by molar-refractivity contribution is -0.151. The summed E-state index contributed by atoms with van der Waals surface area (Å²) in [6.45, 7) is -0.272. The van der Waals surface area contributed by atoms with E-state index in [4.69, 9.17) is 5.73 Å². The molecule has 4 nitrogen and oxygen atoms in total. The smallest absolute Gasteiger partial charge is 0.382 e. The Morgan fingerprint density at radius 1 is 1.38 bits per heavy atom. The van der Waals surface area contributed by atoms with E-state index in [0.717, 1.165) is 0 Å². The van der Waals surface area contributed by atoms with E-state index in [1.165, 1.54) is 0 Å². The molecule has 0 fully saturated rings. The van der Waals surface area contributed by atoms with Crippen molar-refractivity contribution in [1.29, 1.82) is 0 Å². The molecule has 1 heterocycles. The van der Waals surface area contributed by atoms with E-state index in [-0.39, 0.29) is 12.4 Å². The van der Waals surface area contributed by atoms with Crippen LogP contribution >= 0.6 is 0 Å². The monoisotopic (exact) mass is 199 g/mol. The molecule has 1 aromatic rings. The van der Waals surface area contributed by atoms with E-state index >= 15 is 0 Å². The summed E-state index contributed by atoms with van der Waals surface area (Å²) in [5.74, 6) is -6.14. The van der Waals surface area contributed by atoms with E-state index in [2.05, 4.69) is 14.6 Å². The fraction of sp³-hybridized carbons (Fsp3) is 0.600. The number of halogens is 4. The number of alkyl halides is 4. The molecule has 0 aliphatic carbocycles. The van der Waals surface area contributed by atoms with Crippen LogP contribution in [0.5, 0.6) is 0 Å². The van der Waals surface area contributed by atoms with Crippen LogP contribution in [0.4, 0.5) is 17.6 Å². The third kappa shape index (κ3) is 1.77. The molecule has 0 saturated carbocycles. The first-order chi connectivity index (χ1) is 5.98. The van der Waals surface area contributed by atoms with Gasteiger partial charge in [0, 0.05) is 0 Å². The molecule has 2 N–H and O–H groups in total. The minimum Gasteiger partial charge on any atom is -0.418 e. The van der Waals surface area contributed by atoms with Crippen molar-refractivity contribution in [1.82, 2.24) is 10.2 Å². The number of nitrogens with two attached hydrogens (primary N) is 1. The molecule has 1 aromatic heterocycles. The summed E-state index contributed by atoms with van der Waals surface area (Å²) in [5.41, 5.74) is 4.95. The normalized spacial score (nSPS) is 12.5. The molecule has 0 unspecified atom stereocenters. The number of aromatic nitrogens is 2. The molecular formula is C5H5F4N3O. The van der Waals surface area contributed by atoms with Gasteiger partial charge < -0.3 is 10.2 Å². The van der Waals surface area contributed by atoms with Gasteiger partial charge in [0.15, 0.2) is 0 Å². The highest BCUT2D eigenvalue weighted by Gasteiger charge is 2.48. The van der Waals surface area contributed by atoms with Gasteiger partial charge in [0.1, 0.15) is 0 Å². The SMILES string of the molecule is NCc1nnc(C(F)(F)C(F)F)o1. The van der Waals surface area contributed by atoms with Gasteiger partial charge in [-0.25, -0.2) is 8.78 Å². The van der Waals surface area contributed by atoms with Crippen LogP contribution in [-0.2, 0) is 12.5 Å². The van der Waals surface area contributed by atoms with Crippen LogP contribution in [0.25, 0.3) is 0 Å². The zero-order chi connectivity index (χ0) is 10.1. The quantitative estimate of drug-likeness (QED) is 0.734. The molecule has 74 valence electrons. The van der Waals surface area contributed by atoms with Crippen LogP contribution in [0.1, 0.15) is 11.8 Å². The summed E-state index contributed by atoms with van der Waals surface area (Å²) in [6.07, 6.45) is -3.88. The molecule has 0 radical (unpaired) electrons. The standard InChI is InChI=1S/C5H5F4N3O/c6-3(7)5(8,9)4-12-11-2(1-10)13-4/h3H,1,10H2. The van der Waals surface area contributed by atoms with E-state index in [1.54, 1.807) is 0 Å². The molecule has 1 rings (SSSR count). The molecule has 0 atom stereocenters. The van der Waals surface area contributed by atoms with E-state index in [9.17, 15) is 17.6 Å². The van der Waals surface area contributed by atoms with Gasteiger partial charge in [0.2, 0.25) is 5.89 Å². The summed E-state index contributed by atoms with van der Waals surface area (Å²) in [4.78, 5) is 0. The van der Waals surface area contributed by atoms with Gasteiger partial charge in [-0.05, 0) is 0 Å². The van der Waals surface area contributed by atoms with Crippen molar-refractivity contribution < 1.29 is 22.0 Å². The summed E-state index contributed by atoms with van der Waals surface area (Å²) >= 11 is 0. The molecule has 0 saturated heterocycles. The molecule has 0 spiro atoms. The highest BCUT2D eigenvalue weighted by Crippen LogP contribution is 2.33. The Morgan fingerprint density at radius 3 is 2.38 bits per heavy atom. The molecule has 13 heavy (non-hydrogen) atoms. The van der Waals surface area contributed by atoms with Gasteiger partial charge >= 0.3 is 12.3 Å². The van der Waals surface area contributed by atoms with Crippen LogP contribution in [0.15, 0.2) is 4.42 Å². The lowest BCUT2D eigenvalue weighted by Gasteiger charge is -2.08. The van der Waals surface area contributed by atoms with Crippen LogP contribution in [0.2, 0.25) is 0 Å². The van der Waals surface area contributed by atoms with E-state index < -0.39 is 18.2 Å². The van der Waals surface area contributed by atoms with Gasteiger partial charge in [0.05, 0.1) is 6.54 Å². The third-order valence-corrected chi connectivity index (χ3v) is 1.20. The number of hydrogen-bond acceptors (Lipinski definition) is 4. The maximum absolute atomic E-state index is 12.4. The minimum atomic E-state index is -4.42. The van der Waals surface area contributed by atoms with E-state index in [0.29, 0.717) is 0 Å². The van der Waals surface area contributed by atoms with Crippen LogP contribution in [0.3, 0.4) is 0 Å². The third-order valence-electron chi connectivity index (χ3n) is 1.20. The summed E-state index contributed by atoms with van der Waals surface area (Å²) < 4.78 is 52.5. The lowest BCUT2D eigenvalue weighted by atomic mass is 10.3. The van der Waals surface area contributed by atoms with Gasteiger partial charge in [-0.2, -0.15) is 8.78 Å². The fourth-order valence-corrected chi connectivity index (χ4v) is 0.564. The van der Waals surface area contributed by atoms with Gasteiger partial charge in [-0.1, -0.05) is 0 Å². The summed E-state index contributed by atoms with van der Waals surface area (Å²) in [5, 5.41) is 5.78. The Morgan fingerprint density at radius 2 is 2.00 bits per heavy atom. The average Bonchev–Trinajstić information content (AvgIpc) is 2.51. The van der Waals surface area contributed by atoms with Crippen molar-refractivity contribution in [2.24, 2.45) is 5.73 Å². The lowest BCUT2D eigenvalue weighted by Crippen LogP contribution is -2.23. The van der Waals surface area contributed by atoms with E-state index in [1.807, 2.05) is 0 Å². The van der Waals surface area contributed by atoms with Gasteiger partial charge in [-0.15, -0.1) is 10.2 Å². The topological polar surface area (TPSA) is 64.9 Å². The second kappa shape index (κ2) is 3.29. The highest BCUT2D eigenvalue weighted by molar-refractivity contribution is 4.92. The van der Waals surface area contributed by atoms with Gasteiger partial charge in [-0.3, -0.25) is 0 Å². The Kier molecular flexibility index (Phi) is 2.50. The average molecular weight is 199 g/mol. The van der Waals surface area contributed by atoms with Crippen LogP contribution in [-0.4, -0.2) is 16.6 Å². The second-order valence-corrected chi connectivity index (χ2v) is 2.13. The highest BCUT2D eigenvalue weighted by atomic mass is 19.3. The summed E-state index contributed by atoms with van der Waals surface area (Å²) in [6, 6.07) is 0. The van der Waals surface area contributed by atoms with Crippen molar-refractivity contribution in [3.05, 3.63) is 11.8 Å². The van der Waals surface area contributed by atoms with Crippen molar-refractivity contribution in [2.75, 3.05) is 0 Å². The van der Waals surface area contributed by atoms with Crippen molar-refractivity contribution >= 4 is 0 Å². The predicted molar refractivity (Wildman–Crippen MR) is 32.1 cm³/mol. The molecule has 0 aliphatic heterocycles. The number of rotatable bonds is 3. The molecule has 8 heteroatoms. The largest absolute Gasteiger partial charge is 0.418 e. The van der Waals surface area contributed by atoms with Gasteiger partial charge in [0.25, 0.3) is 5.89 Å².